The number of hydrogen-bond donors (Lipinski definition) is 1. The van der Waals surface area contributed by atoms with E-state index in [9.17, 15) is 9.59 Å². The fourth-order valence-electron chi connectivity index (χ4n) is 2.78. The van der Waals surface area contributed by atoms with Gasteiger partial charge in [-0.25, -0.2) is 0 Å². The molecule has 5 nitrogen and oxygen atoms in total. The van der Waals surface area contributed by atoms with E-state index in [2.05, 4.69) is 0 Å². The van der Waals surface area contributed by atoms with Crippen LogP contribution in [-0.2, 0) is 19.1 Å². The van der Waals surface area contributed by atoms with Gasteiger partial charge in [-0.15, -0.1) is 0 Å². The number of alkyl halides is 1. The molecule has 0 aliphatic heterocycles. The summed E-state index contributed by atoms with van der Waals surface area (Å²) in [6.45, 7) is 3.72. The van der Waals surface area contributed by atoms with Gasteiger partial charge in [0.25, 0.3) is 0 Å². The Morgan fingerprint density at radius 1 is 1.24 bits per heavy atom. The second-order valence-corrected chi connectivity index (χ2v) is 6.62. The van der Waals surface area contributed by atoms with Crippen molar-refractivity contribution in [1.82, 2.24) is 0 Å². The van der Waals surface area contributed by atoms with Gasteiger partial charge in [0, 0.05) is 11.3 Å². The van der Waals surface area contributed by atoms with Crippen LogP contribution in [0.15, 0.2) is 0 Å². The van der Waals surface area contributed by atoms with Crippen LogP contribution >= 0.6 is 11.6 Å². The predicted molar refractivity (Wildman–Crippen MR) is 80.7 cm³/mol. The molecule has 2 unspecified atom stereocenters. The number of carbonyl (C=O) groups is 2. The van der Waals surface area contributed by atoms with Crippen LogP contribution in [0.25, 0.3) is 0 Å². The van der Waals surface area contributed by atoms with Crippen LogP contribution in [0.3, 0.4) is 0 Å². The molecule has 0 aromatic carbocycles. The summed E-state index contributed by atoms with van der Waals surface area (Å²) in [7, 11) is 1.34. The molecule has 0 spiro atoms. The van der Waals surface area contributed by atoms with Gasteiger partial charge >= 0.3 is 11.9 Å². The van der Waals surface area contributed by atoms with E-state index in [0.29, 0.717) is 0 Å². The maximum atomic E-state index is 12.2. The standard InChI is InChI=1S/C15H26ClNO4/c1-10(2)13(16)21-14(19)12(17)15(9-11(18)20-3)7-5-4-6-8-15/h10,12-13H,4-9,17H2,1-3H3. The molecule has 1 aliphatic carbocycles. The highest BCUT2D eigenvalue weighted by molar-refractivity contribution is 6.20. The molecule has 6 heteroatoms. The van der Waals surface area contributed by atoms with E-state index in [1.165, 1.54) is 7.11 Å². The largest absolute Gasteiger partial charge is 0.469 e. The summed E-state index contributed by atoms with van der Waals surface area (Å²) in [5.74, 6) is -0.869. The molecule has 0 heterocycles. The van der Waals surface area contributed by atoms with Crippen molar-refractivity contribution >= 4 is 23.5 Å². The number of ether oxygens (including phenoxy) is 2. The number of halogens is 1. The summed E-state index contributed by atoms with van der Waals surface area (Å²) in [6.07, 6.45) is 4.60. The van der Waals surface area contributed by atoms with Crippen LogP contribution < -0.4 is 5.73 Å². The van der Waals surface area contributed by atoms with Crippen LogP contribution in [-0.4, -0.2) is 30.7 Å². The van der Waals surface area contributed by atoms with Crippen LogP contribution in [0.5, 0.6) is 0 Å². The van der Waals surface area contributed by atoms with Crippen molar-refractivity contribution in [2.24, 2.45) is 17.1 Å². The zero-order valence-electron chi connectivity index (χ0n) is 13.1. The van der Waals surface area contributed by atoms with Crippen LogP contribution in [0, 0.1) is 11.3 Å². The van der Waals surface area contributed by atoms with Crippen molar-refractivity contribution in [1.29, 1.82) is 0 Å². The second kappa shape index (κ2) is 7.99. The average Bonchev–Trinajstić information content (AvgIpc) is 2.46. The van der Waals surface area contributed by atoms with Gasteiger partial charge in [0.15, 0.2) is 5.56 Å². The van der Waals surface area contributed by atoms with Crippen molar-refractivity contribution in [2.45, 2.75) is 64.0 Å². The predicted octanol–water partition coefficient (Wildman–Crippen LogP) is 2.59. The highest BCUT2D eigenvalue weighted by atomic mass is 35.5. The zero-order chi connectivity index (χ0) is 16.0. The normalized spacial score (nSPS) is 20.7. The van der Waals surface area contributed by atoms with Gasteiger partial charge in [-0.3, -0.25) is 9.59 Å². The molecule has 2 atom stereocenters. The van der Waals surface area contributed by atoms with E-state index in [4.69, 9.17) is 26.8 Å². The Morgan fingerprint density at radius 2 is 1.81 bits per heavy atom. The molecule has 2 N–H and O–H groups in total. The molecule has 0 aromatic heterocycles. The second-order valence-electron chi connectivity index (χ2n) is 6.19. The Labute approximate surface area is 131 Å². The third-order valence-electron chi connectivity index (χ3n) is 4.24. The Hall–Kier alpha value is -0.810. The lowest BCUT2D eigenvalue weighted by atomic mass is 9.67. The number of hydrogen-bond acceptors (Lipinski definition) is 5. The number of nitrogens with two attached hydrogens (primary N) is 1. The topological polar surface area (TPSA) is 78.6 Å². The third kappa shape index (κ3) is 4.85. The molecule has 0 aromatic rings. The first-order chi connectivity index (χ1) is 9.82. The highest BCUT2D eigenvalue weighted by Crippen LogP contribution is 2.42. The summed E-state index contributed by atoms with van der Waals surface area (Å²) in [5.41, 5.74) is 4.86. The maximum absolute atomic E-state index is 12.2. The van der Waals surface area contributed by atoms with E-state index in [1.54, 1.807) is 0 Å². The molecular formula is C15H26ClNO4. The number of carbonyl (C=O) groups excluding carboxylic acids is 2. The van der Waals surface area contributed by atoms with Crippen molar-refractivity contribution in [3.8, 4) is 0 Å². The first kappa shape index (κ1) is 18.2. The summed E-state index contributed by atoms with van der Waals surface area (Å²) in [6, 6.07) is -0.850. The minimum absolute atomic E-state index is 0.00531. The zero-order valence-corrected chi connectivity index (χ0v) is 13.8. The molecule has 1 fully saturated rings. The molecule has 0 amide bonds. The van der Waals surface area contributed by atoms with E-state index in [1.807, 2.05) is 13.8 Å². The Kier molecular flexibility index (Phi) is 6.94. The molecular weight excluding hydrogens is 294 g/mol. The average molecular weight is 320 g/mol. The number of methoxy groups -OCH3 is 1. The van der Waals surface area contributed by atoms with Gasteiger partial charge in [-0.1, -0.05) is 44.7 Å². The summed E-state index contributed by atoms with van der Waals surface area (Å²) in [5, 5.41) is 0. The minimum Gasteiger partial charge on any atom is -0.469 e. The minimum atomic E-state index is -0.850. The first-order valence-electron chi connectivity index (χ1n) is 7.49. The first-order valence-corrected chi connectivity index (χ1v) is 7.93. The molecule has 21 heavy (non-hydrogen) atoms. The summed E-state index contributed by atoms with van der Waals surface area (Å²) >= 11 is 5.98. The smallest absolute Gasteiger partial charge is 0.325 e. The SMILES string of the molecule is COC(=O)CC1(C(N)C(=O)OC(Cl)C(C)C)CCCCC1. The summed E-state index contributed by atoms with van der Waals surface area (Å²) < 4.78 is 9.97. The highest BCUT2D eigenvalue weighted by Gasteiger charge is 2.44. The fraction of sp³-hybridized carbons (Fsp3) is 0.867. The van der Waals surface area contributed by atoms with Gasteiger partial charge in [-0.05, 0) is 12.8 Å². The van der Waals surface area contributed by atoms with E-state index < -0.39 is 23.0 Å². The van der Waals surface area contributed by atoms with Gasteiger partial charge in [-0.2, -0.15) is 0 Å². The van der Waals surface area contributed by atoms with Gasteiger partial charge < -0.3 is 15.2 Å². The fourth-order valence-corrected chi connectivity index (χ4v) is 2.87. The van der Waals surface area contributed by atoms with Crippen LogP contribution in [0.2, 0.25) is 0 Å². The molecule has 0 saturated heterocycles. The lowest BCUT2D eigenvalue weighted by Gasteiger charge is -2.40. The maximum Gasteiger partial charge on any atom is 0.325 e. The van der Waals surface area contributed by atoms with Gasteiger partial charge in [0.05, 0.1) is 13.5 Å². The Bertz CT molecular complexity index is 367. The number of rotatable bonds is 6. The van der Waals surface area contributed by atoms with Gasteiger partial charge in [0.1, 0.15) is 6.04 Å². The van der Waals surface area contributed by atoms with Crippen molar-refractivity contribution in [2.75, 3.05) is 7.11 Å². The van der Waals surface area contributed by atoms with Crippen molar-refractivity contribution in [3.63, 3.8) is 0 Å². The van der Waals surface area contributed by atoms with Crippen molar-refractivity contribution in [3.05, 3.63) is 0 Å². The molecule has 122 valence electrons. The monoisotopic (exact) mass is 319 g/mol. The quantitative estimate of drug-likeness (QED) is 0.601. The summed E-state index contributed by atoms with van der Waals surface area (Å²) in [4.78, 5) is 23.9. The van der Waals surface area contributed by atoms with E-state index in [-0.39, 0.29) is 18.3 Å². The molecule has 1 rings (SSSR count). The van der Waals surface area contributed by atoms with Crippen molar-refractivity contribution < 1.29 is 19.1 Å². The van der Waals surface area contributed by atoms with E-state index in [0.717, 1.165) is 32.1 Å². The molecule has 0 radical (unpaired) electrons. The van der Waals surface area contributed by atoms with E-state index >= 15 is 0 Å². The third-order valence-corrected chi connectivity index (χ3v) is 4.83. The molecule has 1 saturated carbocycles. The van der Waals surface area contributed by atoms with Gasteiger partial charge in [0.2, 0.25) is 0 Å². The van der Waals surface area contributed by atoms with Crippen LogP contribution in [0.1, 0.15) is 52.4 Å². The number of esters is 2. The Morgan fingerprint density at radius 3 is 2.29 bits per heavy atom. The molecule has 1 aliphatic rings. The van der Waals surface area contributed by atoms with Crippen LogP contribution in [0.4, 0.5) is 0 Å². The Balaban J connectivity index is 2.81. The molecule has 0 bridgehead atoms. The lowest BCUT2D eigenvalue weighted by molar-refractivity contribution is -0.155. The lowest BCUT2D eigenvalue weighted by Crippen LogP contribution is -2.51.